The third kappa shape index (κ3) is 4.77. The van der Waals surface area contributed by atoms with E-state index in [2.05, 4.69) is 4.90 Å². The molecule has 1 aliphatic rings. The van der Waals surface area contributed by atoms with E-state index in [4.69, 9.17) is 15.2 Å². The van der Waals surface area contributed by atoms with Crippen LogP contribution in [0, 0.1) is 0 Å². The summed E-state index contributed by atoms with van der Waals surface area (Å²) in [6, 6.07) is 5.78. The minimum absolute atomic E-state index is 0.0978. The molecule has 0 radical (unpaired) electrons. The first kappa shape index (κ1) is 18.4. The van der Waals surface area contributed by atoms with Crippen LogP contribution in [0.25, 0.3) is 0 Å². The van der Waals surface area contributed by atoms with Crippen molar-refractivity contribution in [3.63, 3.8) is 0 Å². The van der Waals surface area contributed by atoms with Crippen molar-refractivity contribution in [3.05, 3.63) is 23.8 Å². The van der Waals surface area contributed by atoms with Crippen LogP contribution in [0.2, 0.25) is 0 Å². The molecule has 6 heteroatoms. The van der Waals surface area contributed by atoms with Crippen molar-refractivity contribution in [1.82, 2.24) is 9.80 Å². The highest BCUT2D eigenvalue weighted by Gasteiger charge is 2.31. The van der Waals surface area contributed by atoms with Crippen molar-refractivity contribution >= 4 is 11.8 Å². The Morgan fingerprint density at radius 1 is 1.33 bits per heavy atom. The lowest BCUT2D eigenvalue weighted by Gasteiger charge is -2.40. The number of nitrogens with two attached hydrogens (primary N) is 1. The molecule has 1 aliphatic heterocycles. The van der Waals surface area contributed by atoms with Crippen molar-refractivity contribution in [3.8, 4) is 5.75 Å². The van der Waals surface area contributed by atoms with E-state index in [0.717, 1.165) is 36.6 Å². The molecule has 1 aromatic rings. The summed E-state index contributed by atoms with van der Waals surface area (Å²) >= 11 is 0. The van der Waals surface area contributed by atoms with Gasteiger partial charge in [-0.05, 0) is 45.9 Å². The molecule has 0 unspecified atom stereocenters. The van der Waals surface area contributed by atoms with Gasteiger partial charge in [-0.15, -0.1) is 0 Å². The summed E-state index contributed by atoms with van der Waals surface area (Å²) < 4.78 is 10.9. The second-order valence-electron chi connectivity index (χ2n) is 7.33. The summed E-state index contributed by atoms with van der Waals surface area (Å²) in [6.07, 6.45) is -0.240. The number of hydrogen-bond acceptors (Lipinski definition) is 5. The molecule has 0 bridgehead atoms. The fraction of sp³-hybridized carbons (Fsp3) is 0.611. The van der Waals surface area contributed by atoms with Crippen molar-refractivity contribution in [2.24, 2.45) is 0 Å². The number of benzene rings is 1. The lowest BCUT2D eigenvalue weighted by molar-refractivity contribution is 0.000487. The molecule has 0 saturated carbocycles. The van der Waals surface area contributed by atoms with Crippen molar-refractivity contribution < 1.29 is 14.3 Å². The molecular weight excluding hydrogens is 306 g/mol. The Morgan fingerprint density at radius 2 is 2.04 bits per heavy atom. The number of carbonyl (C=O) groups excluding carboxylic acids is 1. The Kier molecular flexibility index (Phi) is 5.59. The van der Waals surface area contributed by atoms with E-state index < -0.39 is 5.60 Å². The zero-order valence-corrected chi connectivity index (χ0v) is 15.3. The lowest BCUT2D eigenvalue weighted by Crippen LogP contribution is -2.54. The molecule has 2 rings (SSSR count). The second-order valence-corrected chi connectivity index (χ2v) is 7.33. The third-order valence-corrected chi connectivity index (χ3v) is 4.04. The number of piperazine rings is 1. The van der Waals surface area contributed by atoms with Crippen LogP contribution in [0.3, 0.4) is 0 Å². The first-order valence-corrected chi connectivity index (χ1v) is 8.34. The van der Waals surface area contributed by atoms with Crippen molar-refractivity contribution in [2.75, 3.05) is 32.5 Å². The van der Waals surface area contributed by atoms with E-state index in [1.54, 1.807) is 12.0 Å². The van der Waals surface area contributed by atoms with Gasteiger partial charge in [0, 0.05) is 43.5 Å². The Balaban J connectivity index is 1.98. The number of amides is 1. The molecule has 2 N–H and O–H groups in total. The fourth-order valence-corrected chi connectivity index (χ4v) is 2.93. The van der Waals surface area contributed by atoms with Gasteiger partial charge in [-0.3, -0.25) is 4.90 Å². The molecule has 134 valence electrons. The standard InChI is InChI=1S/C18H29N3O3/c1-13-11-20(8-9-21(13)17(22)24-18(2,3)4)12-14-10-15(19)6-7-16(14)23-5/h6-7,10,13H,8-9,11-12,19H2,1-5H3/t13-/m1/s1. The maximum atomic E-state index is 12.3. The van der Waals surface area contributed by atoms with Crippen LogP contribution in [0.5, 0.6) is 5.75 Å². The zero-order valence-electron chi connectivity index (χ0n) is 15.3. The molecule has 0 aromatic heterocycles. The van der Waals surface area contributed by atoms with Crippen LogP contribution >= 0.6 is 0 Å². The van der Waals surface area contributed by atoms with E-state index >= 15 is 0 Å². The van der Waals surface area contributed by atoms with Crippen LogP contribution < -0.4 is 10.5 Å². The predicted octanol–water partition coefficient (Wildman–Crippen LogP) is 2.72. The summed E-state index contributed by atoms with van der Waals surface area (Å²) in [5, 5.41) is 0. The number of ether oxygens (including phenoxy) is 2. The molecule has 24 heavy (non-hydrogen) atoms. The minimum atomic E-state index is -0.469. The molecule has 6 nitrogen and oxygen atoms in total. The van der Waals surface area contributed by atoms with Crippen LogP contribution in [0.4, 0.5) is 10.5 Å². The molecule has 1 saturated heterocycles. The Bertz CT molecular complexity index is 583. The fourth-order valence-electron chi connectivity index (χ4n) is 2.93. The van der Waals surface area contributed by atoms with E-state index in [0.29, 0.717) is 6.54 Å². The summed E-state index contributed by atoms with van der Waals surface area (Å²) in [7, 11) is 1.66. The Labute approximate surface area is 144 Å². The quantitative estimate of drug-likeness (QED) is 0.860. The molecule has 1 fully saturated rings. The SMILES string of the molecule is COc1ccc(N)cc1CN1CCN(C(=O)OC(C)(C)C)[C@H](C)C1. The Morgan fingerprint density at radius 3 is 2.62 bits per heavy atom. The highest BCUT2D eigenvalue weighted by molar-refractivity contribution is 5.68. The monoisotopic (exact) mass is 335 g/mol. The lowest BCUT2D eigenvalue weighted by atomic mass is 10.1. The summed E-state index contributed by atoms with van der Waals surface area (Å²) in [5.41, 5.74) is 7.22. The molecule has 0 aliphatic carbocycles. The maximum Gasteiger partial charge on any atom is 0.410 e. The molecular formula is C18H29N3O3. The number of methoxy groups -OCH3 is 1. The highest BCUT2D eigenvalue weighted by atomic mass is 16.6. The van der Waals surface area contributed by atoms with Gasteiger partial charge in [0.15, 0.2) is 0 Å². The predicted molar refractivity (Wildman–Crippen MR) is 95.1 cm³/mol. The topological polar surface area (TPSA) is 68.0 Å². The number of nitrogen functional groups attached to an aromatic ring is 1. The number of anilines is 1. The number of carbonyl (C=O) groups is 1. The maximum absolute atomic E-state index is 12.3. The van der Waals surface area contributed by atoms with E-state index in [-0.39, 0.29) is 12.1 Å². The third-order valence-electron chi connectivity index (χ3n) is 4.04. The molecule has 1 aromatic carbocycles. The molecule has 1 heterocycles. The Hall–Kier alpha value is -1.95. The van der Waals surface area contributed by atoms with Gasteiger partial charge >= 0.3 is 6.09 Å². The van der Waals surface area contributed by atoms with E-state index in [1.165, 1.54) is 0 Å². The van der Waals surface area contributed by atoms with Crippen molar-refractivity contribution in [2.45, 2.75) is 45.9 Å². The van der Waals surface area contributed by atoms with E-state index in [9.17, 15) is 4.79 Å². The molecule has 1 atom stereocenters. The largest absolute Gasteiger partial charge is 0.496 e. The van der Waals surface area contributed by atoms with Gasteiger partial charge in [0.25, 0.3) is 0 Å². The van der Waals surface area contributed by atoms with Crippen LogP contribution in [0.1, 0.15) is 33.3 Å². The van der Waals surface area contributed by atoms with Gasteiger partial charge in [0.05, 0.1) is 7.11 Å². The van der Waals surface area contributed by atoms with Crippen LogP contribution in [-0.4, -0.2) is 54.3 Å². The summed E-state index contributed by atoms with van der Waals surface area (Å²) in [5.74, 6) is 0.839. The van der Waals surface area contributed by atoms with Crippen LogP contribution in [0.15, 0.2) is 18.2 Å². The normalized spacial score (nSPS) is 19.2. The summed E-state index contributed by atoms with van der Waals surface area (Å²) in [6.45, 7) is 10.7. The molecule has 0 spiro atoms. The minimum Gasteiger partial charge on any atom is -0.496 e. The summed E-state index contributed by atoms with van der Waals surface area (Å²) in [4.78, 5) is 16.4. The zero-order chi connectivity index (χ0) is 17.9. The van der Waals surface area contributed by atoms with Gasteiger partial charge in [0.1, 0.15) is 11.4 Å². The second kappa shape index (κ2) is 7.30. The van der Waals surface area contributed by atoms with Crippen LogP contribution in [-0.2, 0) is 11.3 Å². The smallest absolute Gasteiger partial charge is 0.410 e. The average molecular weight is 335 g/mol. The number of rotatable bonds is 3. The average Bonchev–Trinajstić information content (AvgIpc) is 2.45. The van der Waals surface area contributed by atoms with Gasteiger partial charge in [0.2, 0.25) is 0 Å². The van der Waals surface area contributed by atoms with Crippen molar-refractivity contribution in [1.29, 1.82) is 0 Å². The van der Waals surface area contributed by atoms with Gasteiger partial charge in [-0.25, -0.2) is 4.79 Å². The van der Waals surface area contributed by atoms with Gasteiger partial charge in [-0.2, -0.15) is 0 Å². The number of hydrogen-bond donors (Lipinski definition) is 1. The first-order valence-electron chi connectivity index (χ1n) is 8.34. The first-order chi connectivity index (χ1) is 11.2. The highest BCUT2D eigenvalue weighted by Crippen LogP contribution is 2.24. The number of nitrogens with zero attached hydrogens (tertiary/aromatic N) is 2. The molecule has 1 amide bonds. The van der Waals surface area contributed by atoms with Gasteiger partial charge < -0.3 is 20.1 Å². The van der Waals surface area contributed by atoms with Gasteiger partial charge in [-0.1, -0.05) is 0 Å². The van der Waals surface area contributed by atoms with E-state index in [1.807, 2.05) is 45.9 Å².